The lowest BCUT2D eigenvalue weighted by Gasteiger charge is -2.18. The number of hydrogen-bond acceptors (Lipinski definition) is 18. The van der Waals surface area contributed by atoms with E-state index in [1.807, 2.05) is 0 Å². The minimum Gasteiger partial charge on any atom is -0.381 e. The summed E-state index contributed by atoms with van der Waals surface area (Å²) in [5.41, 5.74) is 0. The lowest BCUT2D eigenvalue weighted by Crippen LogP contribution is -2.31. The molecule has 3 fully saturated rings. The molecule has 1 atom stereocenters. The predicted molar refractivity (Wildman–Crippen MR) is 254 cm³/mol. The summed E-state index contributed by atoms with van der Waals surface area (Å²) in [7, 11) is 0. The van der Waals surface area contributed by atoms with Gasteiger partial charge >= 0.3 is 17.9 Å². The van der Waals surface area contributed by atoms with E-state index in [0.717, 1.165) is 77.0 Å². The second kappa shape index (κ2) is 36.9. The van der Waals surface area contributed by atoms with Gasteiger partial charge in [-0.05, 0) is 44.9 Å². The molecule has 73 heavy (non-hydrogen) atoms. The maximum Gasteiger partial charge on any atom is 0.333 e. The number of carbonyl (C=O) groups is 12. The normalized spacial score (nSPS) is 15.0. The first kappa shape index (κ1) is 61.4. The summed E-state index contributed by atoms with van der Waals surface area (Å²) in [6.07, 6.45) is 12.1. The van der Waals surface area contributed by atoms with Gasteiger partial charge in [0, 0.05) is 103 Å². The molecule has 3 heterocycles. The molecule has 24 heteroatoms. The smallest absolute Gasteiger partial charge is 0.333 e. The Kier molecular flexibility index (Phi) is 31.1. The number of nitrogens with one attached hydrogen (secondary N) is 3. The third-order valence-corrected chi connectivity index (χ3v) is 11.8. The van der Waals surface area contributed by atoms with Crippen LogP contribution in [0.4, 0.5) is 0 Å². The van der Waals surface area contributed by atoms with Gasteiger partial charge in [0.15, 0.2) is 0 Å². The van der Waals surface area contributed by atoms with E-state index in [9.17, 15) is 57.5 Å². The highest BCUT2D eigenvalue weighted by atomic mass is 16.7. The Bertz CT molecular complexity index is 1800. The number of ether oxygens (including phenoxy) is 3. The fourth-order valence-corrected chi connectivity index (χ4v) is 7.53. The Morgan fingerprint density at radius 1 is 0.370 bits per heavy atom. The summed E-state index contributed by atoms with van der Waals surface area (Å²) >= 11 is 0. The highest BCUT2D eigenvalue weighted by molar-refractivity contribution is 6.02. The molecule has 9 amide bonds. The number of imide groups is 3. The van der Waals surface area contributed by atoms with Crippen molar-refractivity contribution in [2.24, 2.45) is 0 Å². The van der Waals surface area contributed by atoms with Gasteiger partial charge in [0.2, 0.25) is 17.7 Å². The van der Waals surface area contributed by atoms with Crippen LogP contribution >= 0.6 is 0 Å². The van der Waals surface area contributed by atoms with Gasteiger partial charge in [-0.2, -0.15) is 0 Å². The molecule has 3 N–H and O–H groups in total. The van der Waals surface area contributed by atoms with Crippen molar-refractivity contribution >= 4 is 71.1 Å². The standard InChI is InChI=1S/C49H76N6O18/c56-38(50-29-13-7-1-4-10-16-47(65)71-53-41(59)19-20-42(53)60)26-33-68-32-25-37(70-35-28-40(58)52-31-15-9-3-6-12-18-49(67)73-55-45(63)23-24-46(55)64)36-69-34-27-39(57)51-30-14-8-2-5-11-17-48(66)72-54-43(61)21-22-44(54)62/h37H,1-36H2,(H,50,56)(H,51,57)(H,52,58). The Morgan fingerprint density at radius 3 is 1.03 bits per heavy atom. The van der Waals surface area contributed by atoms with Crippen molar-refractivity contribution in [2.45, 2.75) is 186 Å². The Labute approximate surface area is 426 Å². The monoisotopic (exact) mass is 1040 g/mol. The predicted octanol–water partition coefficient (Wildman–Crippen LogP) is 3.16. The number of hydroxylamine groups is 6. The number of carbonyl (C=O) groups excluding carboxylic acids is 12. The minimum atomic E-state index is -0.620. The first-order valence-electron chi connectivity index (χ1n) is 26.0. The second-order valence-corrected chi connectivity index (χ2v) is 18.0. The van der Waals surface area contributed by atoms with Gasteiger partial charge in [-0.1, -0.05) is 57.8 Å². The van der Waals surface area contributed by atoms with Gasteiger partial charge in [-0.15, -0.1) is 15.2 Å². The SMILES string of the molecule is O=C(CCOCCC(COCCC(=O)NCCCCCCCC(=O)ON1C(=O)CCC1=O)OCCC(=O)NCCCCCCCC(=O)ON1C(=O)CCC1=O)NCCCCCCCC(=O)ON1C(=O)CCC1=O. The quantitative estimate of drug-likeness (QED) is 0.0584. The summed E-state index contributed by atoms with van der Waals surface area (Å²) in [5, 5.41) is 10.2. The maximum atomic E-state index is 12.5. The van der Waals surface area contributed by atoms with Gasteiger partial charge in [0.25, 0.3) is 35.4 Å². The summed E-state index contributed by atoms with van der Waals surface area (Å²) in [4.78, 5) is 157. The molecule has 0 bridgehead atoms. The third kappa shape index (κ3) is 27.7. The molecule has 0 radical (unpaired) electrons. The van der Waals surface area contributed by atoms with Gasteiger partial charge in [-0.25, -0.2) is 14.4 Å². The van der Waals surface area contributed by atoms with Crippen LogP contribution in [0.5, 0.6) is 0 Å². The molecule has 0 aromatic rings. The van der Waals surface area contributed by atoms with E-state index < -0.39 is 59.5 Å². The van der Waals surface area contributed by atoms with Crippen LogP contribution in [0, 0.1) is 0 Å². The van der Waals surface area contributed by atoms with E-state index in [0.29, 0.717) is 60.5 Å². The zero-order valence-electron chi connectivity index (χ0n) is 42.2. The number of amides is 9. The molecule has 410 valence electrons. The Morgan fingerprint density at radius 2 is 0.671 bits per heavy atom. The third-order valence-electron chi connectivity index (χ3n) is 11.8. The van der Waals surface area contributed by atoms with Crippen LogP contribution in [-0.2, 0) is 86.3 Å². The first-order valence-corrected chi connectivity index (χ1v) is 26.0. The summed E-state index contributed by atoms with van der Waals surface area (Å²) in [5.74, 6) is -5.42. The molecule has 3 aliphatic rings. The van der Waals surface area contributed by atoms with Crippen molar-refractivity contribution in [1.29, 1.82) is 0 Å². The van der Waals surface area contributed by atoms with Crippen molar-refractivity contribution in [3.63, 3.8) is 0 Å². The van der Waals surface area contributed by atoms with Crippen LogP contribution in [0.1, 0.15) is 180 Å². The molecule has 3 aliphatic heterocycles. The van der Waals surface area contributed by atoms with E-state index in [1.54, 1.807) is 0 Å². The summed E-state index contributed by atoms with van der Waals surface area (Å²) in [6, 6.07) is 0. The topological polar surface area (TPSA) is 306 Å². The largest absolute Gasteiger partial charge is 0.381 e. The van der Waals surface area contributed by atoms with Crippen molar-refractivity contribution in [1.82, 2.24) is 31.1 Å². The van der Waals surface area contributed by atoms with E-state index in [-0.39, 0.29) is 128 Å². The van der Waals surface area contributed by atoms with Crippen LogP contribution in [0.3, 0.4) is 0 Å². The van der Waals surface area contributed by atoms with Crippen molar-refractivity contribution in [3.8, 4) is 0 Å². The minimum absolute atomic E-state index is 0.0439. The molecule has 24 nitrogen and oxygen atoms in total. The zero-order valence-corrected chi connectivity index (χ0v) is 42.2. The molecule has 0 aliphatic carbocycles. The average Bonchev–Trinajstić information content (AvgIpc) is 3.97. The average molecular weight is 1040 g/mol. The van der Waals surface area contributed by atoms with Crippen molar-refractivity contribution in [2.75, 3.05) is 52.7 Å². The summed E-state index contributed by atoms with van der Waals surface area (Å²) < 4.78 is 17.5. The molecule has 0 saturated carbocycles. The molecular weight excluding hydrogens is 961 g/mol. The maximum absolute atomic E-state index is 12.5. The highest BCUT2D eigenvalue weighted by Crippen LogP contribution is 2.17. The molecular formula is C49H76N6O18. The van der Waals surface area contributed by atoms with Gasteiger partial charge in [-0.3, -0.25) is 43.2 Å². The molecule has 0 aromatic carbocycles. The fourth-order valence-electron chi connectivity index (χ4n) is 7.53. The first-order chi connectivity index (χ1) is 35.2. The molecule has 1 unspecified atom stereocenters. The van der Waals surface area contributed by atoms with E-state index in [4.69, 9.17) is 28.7 Å². The molecule has 0 spiro atoms. The van der Waals surface area contributed by atoms with Gasteiger partial charge in [0.05, 0.1) is 32.5 Å². The van der Waals surface area contributed by atoms with Crippen LogP contribution in [0.15, 0.2) is 0 Å². The zero-order chi connectivity index (χ0) is 53.1. The molecule has 3 rings (SSSR count). The van der Waals surface area contributed by atoms with Crippen LogP contribution < -0.4 is 16.0 Å². The lowest BCUT2D eigenvalue weighted by atomic mass is 10.1. The lowest BCUT2D eigenvalue weighted by molar-refractivity contribution is -0.197. The van der Waals surface area contributed by atoms with Gasteiger partial charge < -0.3 is 44.7 Å². The molecule has 0 aromatic heterocycles. The second-order valence-electron chi connectivity index (χ2n) is 18.0. The van der Waals surface area contributed by atoms with E-state index in [1.165, 1.54) is 0 Å². The molecule has 3 saturated heterocycles. The Hall–Kier alpha value is -5.88. The van der Waals surface area contributed by atoms with Crippen LogP contribution in [-0.4, -0.2) is 145 Å². The summed E-state index contributed by atoms with van der Waals surface area (Å²) in [6.45, 7) is 2.29. The van der Waals surface area contributed by atoms with Crippen LogP contribution in [0.2, 0.25) is 0 Å². The number of unbranched alkanes of at least 4 members (excludes halogenated alkanes) is 12. The van der Waals surface area contributed by atoms with E-state index >= 15 is 0 Å². The van der Waals surface area contributed by atoms with Crippen LogP contribution in [0.25, 0.3) is 0 Å². The highest BCUT2D eigenvalue weighted by Gasteiger charge is 2.34. The van der Waals surface area contributed by atoms with Crippen molar-refractivity contribution in [3.05, 3.63) is 0 Å². The number of nitrogens with zero attached hydrogens (tertiary/aromatic N) is 3. The van der Waals surface area contributed by atoms with Gasteiger partial charge in [0.1, 0.15) is 0 Å². The number of rotatable bonds is 42. The van der Waals surface area contributed by atoms with E-state index in [2.05, 4.69) is 16.0 Å². The van der Waals surface area contributed by atoms with Crippen molar-refractivity contribution < 1.29 is 86.3 Å². The number of hydrogen-bond donors (Lipinski definition) is 3. The fraction of sp³-hybridized carbons (Fsp3) is 0.755. The Balaban J connectivity index is 1.23.